The summed E-state index contributed by atoms with van der Waals surface area (Å²) in [5, 5.41) is 4.92. The third-order valence-corrected chi connectivity index (χ3v) is 15.7. The van der Waals surface area contributed by atoms with Crippen LogP contribution >= 0.6 is 0 Å². The van der Waals surface area contributed by atoms with Crippen LogP contribution in [-0.2, 0) is 10.8 Å². The fourth-order valence-corrected chi connectivity index (χ4v) is 12.3. The van der Waals surface area contributed by atoms with E-state index in [2.05, 4.69) is 268 Å². The number of allylic oxidation sites excluding steroid dienone is 4. The maximum Gasteiger partial charge on any atom is 0.0468 e. The summed E-state index contributed by atoms with van der Waals surface area (Å²) in [7, 11) is 0. The SMILES string of the molecule is CC1(C)c2ccccc2-c2ccc(-c3c4ccc(N(c5ccccc5)c5ccccc5)cc4c(-c4ccc5c(c4)C(C)(C)c4ccccc4-5)c4ccc(N(C5=CC=CCC5)c5ccccc5)cc34)cc21. The van der Waals surface area contributed by atoms with Crippen molar-refractivity contribution in [2.45, 2.75) is 51.4 Å². The molecule has 0 unspecified atom stereocenters. The molecule has 10 aromatic rings. The van der Waals surface area contributed by atoms with Crippen molar-refractivity contribution in [3.05, 3.63) is 259 Å². The minimum absolute atomic E-state index is 0.155. The first-order chi connectivity index (χ1) is 34.3. The average molecular weight is 899 g/mol. The molecular formula is C68H54N2. The summed E-state index contributed by atoms with van der Waals surface area (Å²) in [6.45, 7) is 9.57. The van der Waals surface area contributed by atoms with Crippen molar-refractivity contribution in [1.29, 1.82) is 0 Å². The van der Waals surface area contributed by atoms with Gasteiger partial charge in [0.05, 0.1) is 0 Å². The number of nitrogens with zero attached hydrogens (tertiary/aromatic N) is 2. The molecule has 0 atom stereocenters. The van der Waals surface area contributed by atoms with E-state index < -0.39 is 0 Å². The maximum absolute atomic E-state index is 2.52. The molecule has 0 amide bonds. The van der Waals surface area contributed by atoms with Gasteiger partial charge in [0.15, 0.2) is 0 Å². The van der Waals surface area contributed by atoms with Gasteiger partial charge in [0.1, 0.15) is 0 Å². The zero-order valence-corrected chi connectivity index (χ0v) is 40.2. The lowest BCUT2D eigenvalue weighted by atomic mass is 9.79. The zero-order chi connectivity index (χ0) is 47.1. The number of para-hydroxylation sites is 3. The summed E-state index contributed by atoms with van der Waals surface area (Å²) in [6, 6.07) is 79.6. The van der Waals surface area contributed by atoms with Gasteiger partial charge >= 0.3 is 0 Å². The molecule has 0 bridgehead atoms. The van der Waals surface area contributed by atoms with Gasteiger partial charge in [-0.05, 0) is 180 Å². The Morgan fingerprint density at radius 2 is 0.757 bits per heavy atom. The van der Waals surface area contributed by atoms with Crippen LogP contribution in [0.5, 0.6) is 0 Å². The lowest BCUT2D eigenvalue weighted by Gasteiger charge is -2.30. The second kappa shape index (κ2) is 16.2. The highest BCUT2D eigenvalue weighted by atomic mass is 15.2. The Morgan fingerprint density at radius 3 is 1.21 bits per heavy atom. The van der Waals surface area contributed by atoms with Gasteiger partial charge in [0.25, 0.3) is 0 Å². The molecule has 10 aromatic carbocycles. The summed E-state index contributed by atoms with van der Waals surface area (Å²) in [4.78, 5) is 4.88. The van der Waals surface area contributed by atoms with E-state index in [1.54, 1.807) is 0 Å². The van der Waals surface area contributed by atoms with Crippen LogP contribution in [0.4, 0.5) is 28.4 Å². The Hall–Kier alpha value is -8.20. The quantitative estimate of drug-likeness (QED) is 0.140. The van der Waals surface area contributed by atoms with Gasteiger partial charge in [-0.25, -0.2) is 0 Å². The van der Waals surface area contributed by atoms with E-state index in [0.29, 0.717) is 0 Å². The van der Waals surface area contributed by atoms with Crippen molar-refractivity contribution in [3.8, 4) is 44.5 Å². The monoisotopic (exact) mass is 898 g/mol. The molecule has 336 valence electrons. The fourth-order valence-electron chi connectivity index (χ4n) is 12.3. The molecule has 0 saturated heterocycles. The van der Waals surface area contributed by atoms with Crippen LogP contribution in [-0.4, -0.2) is 0 Å². The van der Waals surface area contributed by atoms with Crippen LogP contribution in [0.3, 0.4) is 0 Å². The van der Waals surface area contributed by atoms with Crippen LogP contribution < -0.4 is 9.80 Å². The van der Waals surface area contributed by atoms with Crippen molar-refractivity contribution in [2.75, 3.05) is 9.80 Å². The Morgan fingerprint density at radius 1 is 0.343 bits per heavy atom. The standard InChI is InChI=1S/C68H54N2/c1-67(2)61-31-19-17-29-53(61)55-37-33-45(41-63(55)67)65-57-39-35-52(70(49-25-13-7-14-26-49)50-27-15-8-16-28-50)44-60(57)66(46-34-38-56-54-30-18-20-32-62(54)68(3,4)64(56)42-46)58-40-36-51(43-59(58)65)69(47-21-9-5-10-22-47)48-23-11-6-12-24-48/h5-15,17-27,29-44H,16,28H2,1-4H3. The molecule has 70 heavy (non-hydrogen) atoms. The molecule has 2 nitrogen and oxygen atoms in total. The second-order valence-corrected chi connectivity index (χ2v) is 20.4. The van der Waals surface area contributed by atoms with Gasteiger partial charge in [0, 0.05) is 45.0 Å². The third kappa shape index (κ3) is 6.54. The largest absolute Gasteiger partial charge is 0.314 e. The lowest BCUT2D eigenvalue weighted by molar-refractivity contribution is 0.660. The number of rotatable bonds is 8. The molecule has 0 fully saturated rings. The lowest BCUT2D eigenvalue weighted by Crippen LogP contribution is -2.17. The number of fused-ring (bicyclic) bond motifs is 8. The zero-order valence-electron chi connectivity index (χ0n) is 40.2. The molecule has 0 heterocycles. The van der Waals surface area contributed by atoms with Crippen molar-refractivity contribution in [1.82, 2.24) is 0 Å². The van der Waals surface area contributed by atoms with Gasteiger partial charge in [-0.15, -0.1) is 0 Å². The van der Waals surface area contributed by atoms with E-state index >= 15 is 0 Å². The minimum Gasteiger partial charge on any atom is -0.314 e. The molecule has 2 heteroatoms. The van der Waals surface area contributed by atoms with E-state index in [9.17, 15) is 0 Å². The smallest absolute Gasteiger partial charge is 0.0468 e. The molecule has 3 aliphatic carbocycles. The summed E-state index contributed by atoms with van der Waals surface area (Å²) < 4.78 is 0. The van der Waals surface area contributed by atoms with E-state index in [1.165, 1.54) is 94.0 Å². The minimum atomic E-state index is -0.156. The summed E-state index contributed by atoms with van der Waals surface area (Å²) in [6.07, 6.45) is 8.77. The molecular weight excluding hydrogens is 845 g/mol. The number of benzene rings is 10. The van der Waals surface area contributed by atoms with E-state index in [0.717, 1.165) is 41.3 Å². The molecule has 0 saturated carbocycles. The summed E-state index contributed by atoms with van der Waals surface area (Å²) >= 11 is 0. The molecule has 0 spiro atoms. The number of hydrogen-bond donors (Lipinski definition) is 0. The van der Waals surface area contributed by atoms with Crippen molar-refractivity contribution < 1.29 is 0 Å². The predicted octanol–water partition coefficient (Wildman–Crippen LogP) is 18.8. The van der Waals surface area contributed by atoms with Crippen LogP contribution in [0.25, 0.3) is 66.1 Å². The molecule has 0 aromatic heterocycles. The second-order valence-electron chi connectivity index (χ2n) is 20.4. The predicted molar refractivity (Wildman–Crippen MR) is 297 cm³/mol. The van der Waals surface area contributed by atoms with Crippen LogP contribution in [0.1, 0.15) is 62.8 Å². The van der Waals surface area contributed by atoms with E-state index in [1.807, 2.05) is 0 Å². The Labute approximate surface area is 412 Å². The van der Waals surface area contributed by atoms with Crippen LogP contribution in [0, 0.1) is 0 Å². The first kappa shape index (κ1) is 41.9. The number of anilines is 5. The Bertz CT molecular complexity index is 3720. The maximum atomic E-state index is 2.52. The molecule has 0 N–H and O–H groups in total. The Balaban J connectivity index is 1.14. The topological polar surface area (TPSA) is 6.48 Å². The van der Waals surface area contributed by atoms with Crippen molar-refractivity contribution in [2.24, 2.45) is 0 Å². The Kier molecular flexibility index (Phi) is 9.72. The molecule has 13 rings (SSSR count). The average Bonchev–Trinajstić information content (AvgIpc) is 3.78. The van der Waals surface area contributed by atoms with E-state index in [4.69, 9.17) is 0 Å². The van der Waals surface area contributed by atoms with Gasteiger partial charge in [0.2, 0.25) is 0 Å². The molecule has 0 aliphatic heterocycles. The van der Waals surface area contributed by atoms with Gasteiger partial charge in [-0.1, -0.05) is 179 Å². The van der Waals surface area contributed by atoms with Gasteiger partial charge < -0.3 is 9.80 Å². The van der Waals surface area contributed by atoms with Gasteiger partial charge in [-0.3, -0.25) is 0 Å². The van der Waals surface area contributed by atoms with E-state index in [-0.39, 0.29) is 10.8 Å². The normalized spacial score (nSPS) is 14.7. The highest BCUT2D eigenvalue weighted by molar-refractivity contribution is 6.23. The molecule has 0 radical (unpaired) electrons. The first-order valence-corrected chi connectivity index (χ1v) is 24.9. The van der Waals surface area contributed by atoms with Crippen molar-refractivity contribution in [3.63, 3.8) is 0 Å². The third-order valence-electron chi connectivity index (χ3n) is 15.7. The summed E-state index contributed by atoms with van der Waals surface area (Å²) in [5.74, 6) is 0. The first-order valence-electron chi connectivity index (χ1n) is 24.9. The fraction of sp³-hybridized carbons (Fsp3) is 0.118. The van der Waals surface area contributed by atoms with Crippen LogP contribution in [0.2, 0.25) is 0 Å². The highest BCUT2D eigenvalue weighted by Crippen LogP contribution is 2.54. The van der Waals surface area contributed by atoms with Crippen LogP contribution in [0.15, 0.2) is 236 Å². The highest BCUT2D eigenvalue weighted by Gasteiger charge is 2.37. The summed E-state index contributed by atoms with van der Waals surface area (Å²) in [5.41, 5.74) is 22.4. The van der Waals surface area contributed by atoms with Crippen molar-refractivity contribution >= 4 is 50.0 Å². The van der Waals surface area contributed by atoms with Gasteiger partial charge in [-0.2, -0.15) is 0 Å². The molecule has 3 aliphatic rings. The number of hydrogen-bond acceptors (Lipinski definition) is 2.